The smallest absolute Gasteiger partial charge is 0.399 e. The van der Waals surface area contributed by atoms with Crippen molar-refractivity contribution in [2.45, 2.75) is 45.8 Å². The number of H-pyrrole nitrogens is 1. The molecule has 2 heterocycles. The van der Waals surface area contributed by atoms with Gasteiger partial charge in [-0.25, -0.2) is 4.39 Å². The summed E-state index contributed by atoms with van der Waals surface area (Å²) in [6.45, 7) is 9.75. The molecule has 5 heteroatoms. The minimum absolute atomic E-state index is 0.284. The lowest BCUT2D eigenvalue weighted by atomic mass is 9.76. The van der Waals surface area contributed by atoms with E-state index in [-0.39, 0.29) is 5.82 Å². The van der Waals surface area contributed by atoms with Crippen LogP contribution in [0.1, 0.15) is 33.3 Å². The van der Waals surface area contributed by atoms with Crippen molar-refractivity contribution in [1.82, 2.24) is 4.98 Å². The van der Waals surface area contributed by atoms with Crippen LogP contribution in [0.5, 0.6) is 0 Å². The lowest BCUT2D eigenvalue weighted by Crippen LogP contribution is -2.41. The molecule has 20 heavy (non-hydrogen) atoms. The van der Waals surface area contributed by atoms with Gasteiger partial charge >= 0.3 is 7.12 Å². The topological polar surface area (TPSA) is 34.2 Å². The monoisotopic (exact) mass is 275 g/mol. The van der Waals surface area contributed by atoms with Gasteiger partial charge in [-0.3, -0.25) is 0 Å². The number of aromatic amines is 1. The predicted octanol–water partition coefficient (Wildman–Crippen LogP) is 2.91. The molecule has 0 atom stereocenters. The van der Waals surface area contributed by atoms with Crippen LogP contribution in [0.3, 0.4) is 0 Å². The van der Waals surface area contributed by atoms with Gasteiger partial charge in [-0.2, -0.15) is 0 Å². The summed E-state index contributed by atoms with van der Waals surface area (Å²) in [7, 11) is -0.682. The van der Waals surface area contributed by atoms with Gasteiger partial charge in [0.2, 0.25) is 0 Å². The molecule has 0 amide bonds. The number of hydrogen-bond donors (Lipinski definition) is 1. The number of fused-ring (bicyclic) bond motifs is 1. The van der Waals surface area contributed by atoms with Crippen molar-refractivity contribution in [2.75, 3.05) is 0 Å². The highest BCUT2D eigenvalue weighted by Gasteiger charge is 2.52. The minimum Gasteiger partial charge on any atom is -0.399 e. The third kappa shape index (κ3) is 1.80. The Kier molecular flexibility index (Phi) is 2.79. The second-order valence-electron chi connectivity index (χ2n) is 6.44. The summed E-state index contributed by atoms with van der Waals surface area (Å²) < 4.78 is 26.4. The van der Waals surface area contributed by atoms with E-state index in [4.69, 9.17) is 9.31 Å². The molecule has 0 saturated carbocycles. The Bertz CT molecular complexity index is 662. The van der Waals surface area contributed by atoms with Gasteiger partial charge in [-0.15, -0.1) is 0 Å². The highest BCUT2D eigenvalue weighted by molar-refractivity contribution is 6.65. The maximum atomic E-state index is 14.4. The van der Waals surface area contributed by atoms with Crippen LogP contribution in [0.15, 0.2) is 18.3 Å². The van der Waals surface area contributed by atoms with Crippen LogP contribution in [0, 0.1) is 12.7 Å². The zero-order chi connectivity index (χ0) is 14.7. The van der Waals surface area contributed by atoms with E-state index in [2.05, 4.69) is 4.98 Å². The Balaban J connectivity index is 2.15. The number of halogens is 1. The number of aromatic nitrogens is 1. The van der Waals surface area contributed by atoms with E-state index >= 15 is 0 Å². The molecule has 2 aromatic rings. The fourth-order valence-corrected chi connectivity index (χ4v) is 2.59. The fraction of sp³-hybridized carbons (Fsp3) is 0.467. The molecule has 3 rings (SSSR count). The van der Waals surface area contributed by atoms with E-state index < -0.39 is 18.3 Å². The van der Waals surface area contributed by atoms with Crippen LogP contribution in [0.2, 0.25) is 0 Å². The lowest BCUT2D eigenvalue weighted by molar-refractivity contribution is 0.00578. The number of aryl methyl sites for hydroxylation is 1. The molecule has 1 fully saturated rings. The van der Waals surface area contributed by atoms with Crippen LogP contribution >= 0.6 is 0 Å². The second-order valence-corrected chi connectivity index (χ2v) is 6.44. The number of hydrogen-bond acceptors (Lipinski definition) is 2. The van der Waals surface area contributed by atoms with E-state index in [1.807, 2.05) is 46.9 Å². The van der Waals surface area contributed by atoms with Crippen molar-refractivity contribution in [2.24, 2.45) is 0 Å². The molecule has 1 saturated heterocycles. The van der Waals surface area contributed by atoms with Crippen molar-refractivity contribution in [1.29, 1.82) is 0 Å². The van der Waals surface area contributed by atoms with E-state index in [1.165, 1.54) is 6.07 Å². The van der Waals surface area contributed by atoms with Crippen LogP contribution in [-0.2, 0) is 9.31 Å². The van der Waals surface area contributed by atoms with E-state index in [9.17, 15) is 4.39 Å². The van der Waals surface area contributed by atoms with Crippen LogP contribution in [-0.4, -0.2) is 23.3 Å². The summed E-state index contributed by atoms with van der Waals surface area (Å²) in [5, 5.41) is 0.820. The summed E-state index contributed by atoms with van der Waals surface area (Å²) in [4.78, 5) is 3.14. The molecule has 1 N–H and O–H groups in total. The maximum Gasteiger partial charge on any atom is 0.498 e. The van der Waals surface area contributed by atoms with E-state index in [0.29, 0.717) is 5.46 Å². The van der Waals surface area contributed by atoms with Crippen LogP contribution in [0.25, 0.3) is 10.9 Å². The third-order valence-electron chi connectivity index (χ3n) is 4.52. The van der Waals surface area contributed by atoms with Crippen molar-refractivity contribution < 1.29 is 13.7 Å². The molecular weight excluding hydrogens is 256 g/mol. The molecule has 3 nitrogen and oxygen atoms in total. The first kappa shape index (κ1) is 13.6. The molecule has 1 aromatic carbocycles. The zero-order valence-corrected chi connectivity index (χ0v) is 12.5. The Labute approximate surface area is 118 Å². The average molecular weight is 275 g/mol. The largest absolute Gasteiger partial charge is 0.498 e. The molecule has 1 aliphatic rings. The zero-order valence-electron chi connectivity index (χ0n) is 12.5. The highest BCUT2D eigenvalue weighted by Crippen LogP contribution is 2.37. The van der Waals surface area contributed by atoms with Gasteiger partial charge < -0.3 is 14.3 Å². The molecule has 0 bridgehead atoms. The second kappa shape index (κ2) is 4.09. The quantitative estimate of drug-likeness (QED) is 0.812. The molecule has 0 aliphatic carbocycles. The standard InChI is InChI=1S/C15H19BFNO2/c1-9-8-11(17)12(10-6-7-18-13(9)10)16-19-14(2,3)15(4,5)20-16/h6-8,18H,1-5H3. The van der Waals surface area contributed by atoms with Gasteiger partial charge in [-0.1, -0.05) is 0 Å². The van der Waals surface area contributed by atoms with Gasteiger partial charge in [-0.05, 0) is 52.3 Å². The maximum absolute atomic E-state index is 14.4. The lowest BCUT2D eigenvalue weighted by Gasteiger charge is -2.32. The molecule has 1 aliphatic heterocycles. The van der Waals surface area contributed by atoms with Gasteiger partial charge in [0.05, 0.1) is 11.2 Å². The highest BCUT2D eigenvalue weighted by atomic mass is 19.1. The first-order valence-electron chi connectivity index (χ1n) is 6.85. The van der Waals surface area contributed by atoms with Gasteiger partial charge in [0, 0.05) is 22.6 Å². The number of benzene rings is 1. The Morgan fingerprint density at radius 1 is 1.15 bits per heavy atom. The van der Waals surface area contributed by atoms with E-state index in [0.717, 1.165) is 16.5 Å². The van der Waals surface area contributed by atoms with Crippen LogP contribution < -0.4 is 5.46 Å². The SMILES string of the molecule is Cc1cc(F)c(B2OC(C)(C)C(C)(C)O2)c2cc[nH]c12. The first-order valence-corrected chi connectivity index (χ1v) is 6.85. The van der Waals surface area contributed by atoms with Gasteiger partial charge in [0.1, 0.15) is 5.82 Å². The van der Waals surface area contributed by atoms with Crippen LogP contribution in [0.4, 0.5) is 4.39 Å². The summed E-state index contributed by atoms with van der Waals surface area (Å²) in [5.41, 5.74) is 1.33. The molecule has 0 spiro atoms. The summed E-state index contributed by atoms with van der Waals surface area (Å²) in [5.74, 6) is -0.284. The molecule has 106 valence electrons. The van der Waals surface area contributed by atoms with Gasteiger partial charge in [0.25, 0.3) is 0 Å². The summed E-state index contributed by atoms with van der Waals surface area (Å²) in [6, 6.07) is 3.39. The minimum atomic E-state index is -0.682. The third-order valence-corrected chi connectivity index (χ3v) is 4.52. The molecule has 1 aromatic heterocycles. The summed E-state index contributed by atoms with van der Waals surface area (Å²) in [6.07, 6.45) is 1.81. The van der Waals surface area contributed by atoms with Crippen molar-refractivity contribution in [3.63, 3.8) is 0 Å². The Morgan fingerprint density at radius 2 is 1.75 bits per heavy atom. The van der Waals surface area contributed by atoms with E-state index in [1.54, 1.807) is 0 Å². The van der Waals surface area contributed by atoms with Gasteiger partial charge in [0.15, 0.2) is 0 Å². The molecular formula is C15H19BFNO2. The first-order chi connectivity index (χ1) is 9.23. The Hall–Kier alpha value is -1.33. The van der Waals surface area contributed by atoms with Crippen molar-refractivity contribution >= 4 is 23.5 Å². The van der Waals surface area contributed by atoms with Crippen molar-refractivity contribution in [3.8, 4) is 0 Å². The normalized spacial score (nSPS) is 20.8. The fourth-order valence-electron chi connectivity index (χ4n) is 2.59. The average Bonchev–Trinajstić information content (AvgIpc) is 2.83. The predicted molar refractivity (Wildman–Crippen MR) is 78.7 cm³/mol. The molecule has 0 unspecified atom stereocenters. The molecule has 0 radical (unpaired) electrons. The number of nitrogens with one attached hydrogen (secondary N) is 1. The van der Waals surface area contributed by atoms with Crippen molar-refractivity contribution in [3.05, 3.63) is 29.7 Å². The number of rotatable bonds is 1. The summed E-state index contributed by atoms with van der Waals surface area (Å²) >= 11 is 0. The Morgan fingerprint density at radius 3 is 2.35 bits per heavy atom.